The molecule has 4 aliphatic rings. The zero-order chi connectivity index (χ0) is 15.8. The maximum Gasteiger partial charge on any atom is 0.0675 e. The van der Waals surface area contributed by atoms with Gasteiger partial charge in [0.2, 0.25) is 0 Å². The fraction of sp³-hybridized carbons (Fsp3) is 0.905. The van der Waals surface area contributed by atoms with Crippen LogP contribution in [0.3, 0.4) is 0 Å². The van der Waals surface area contributed by atoms with Gasteiger partial charge < -0.3 is 5.11 Å². The third kappa shape index (κ3) is 1.81. The Bertz CT molecular complexity index is 492. The van der Waals surface area contributed by atoms with Crippen molar-refractivity contribution < 1.29 is 5.11 Å². The highest BCUT2D eigenvalue weighted by molar-refractivity contribution is 5.16. The van der Waals surface area contributed by atoms with Gasteiger partial charge in [-0.25, -0.2) is 0 Å². The van der Waals surface area contributed by atoms with Crippen molar-refractivity contribution >= 4 is 0 Å². The molecule has 0 aliphatic heterocycles. The summed E-state index contributed by atoms with van der Waals surface area (Å²) >= 11 is 0. The highest BCUT2D eigenvalue weighted by Gasteiger charge is 2.62. The molecule has 1 nitrogen and oxygen atoms in total. The Morgan fingerprint density at radius 2 is 1.68 bits per heavy atom. The quantitative estimate of drug-likeness (QED) is 0.599. The molecule has 4 saturated carbocycles. The van der Waals surface area contributed by atoms with Gasteiger partial charge in [0.05, 0.1) is 5.60 Å². The fourth-order valence-corrected chi connectivity index (χ4v) is 7.53. The van der Waals surface area contributed by atoms with Crippen LogP contribution in [-0.4, -0.2) is 10.7 Å². The zero-order valence-corrected chi connectivity index (χ0v) is 14.8. The van der Waals surface area contributed by atoms with Gasteiger partial charge in [0.25, 0.3) is 0 Å². The summed E-state index contributed by atoms with van der Waals surface area (Å²) in [5.41, 5.74) is 1.75. The van der Waals surface area contributed by atoms with Crippen LogP contribution in [0.25, 0.3) is 0 Å². The first-order chi connectivity index (χ1) is 10.3. The number of rotatable bonds is 0. The van der Waals surface area contributed by atoms with Gasteiger partial charge in [-0.3, -0.25) is 0 Å². The molecule has 4 rings (SSSR count). The topological polar surface area (TPSA) is 20.2 Å². The molecule has 22 heavy (non-hydrogen) atoms. The number of hydrogen-bond donors (Lipinski definition) is 1. The molecule has 7 atom stereocenters. The van der Waals surface area contributed by atoms with E-state index in [-0.39, 0.29) is 5.41 Å². The van der Waals surface area contributed by atoms with E-state index in [0.29, 0.717) is 5.41 Å². The van der Waals surface area contributed by atoms with E-state index in [1.54, 1.807) is 0 Å². The van der Waals surface area contributed by atoms with Crippen LogP contribution < -0.4 is 0 Å². The van der Waals surface area contributed by atoms with Crippen LogP contribution in [0.15, 0.2) is 12.2 Å². The largest absolute Gasteiger partial charge is 0.390 e. The lowest BCUT2D eigenvalue weighted by atomic mass is 9.44. The van der Waals surface area contributed by atoms with Crippen LogP contribution in [0, 0.1) is 34.5 Å². The molecule has 0 aromatic heterocycles. The van der Waals surface area contributed by atoms with Crippen LogP contribution in [-0.2, 0) is 0 Å². The van der Waals surface area contributed by atoms with E-state index in [1.165, 1.54) is 56.9 Å². The molecular weight excluding hydrogens is 268 g/mol. The summed E-state index contributed by atoms with van der Waals surface area (Å²) in [5, 5.41) is 11.0. The molecule has 0 aromatic carbocycles. The third-order valence-electron chi connectivity index (χ3n) is 9.10. The lowest BCUT2D eigenvalue weighted by Gasteiger charge is -2.61. The van der Waals surface area contributed by atoms with Crippen LogP contribution in [0.4, 0.5) is 0 Å². The van der Waals surface area contributed by atoms with E-state index in [4.69, 9.17) is 0 Å². The normalized spacial score (nSPS) is 57.9. The van der Waals surface area contributed by atoms with Crippen molar-refractivity contribution in [2.75, 3.05) is 0 Å². The Morgan fingerprint density at radius 1 is 0.955 bits per heavy atom. The van der Waals surface area contributed by atoms with Crippen molar-refractivity contribution in [3.8, 4) is 0 Å². The second kappa shape index (κ2) is 4.62. The molecule has 0 spiro atoms. The number of allylic oxidation sites excluding steroid dienone is 1. The first kappa shape index (κ1) is 15.2. The highest BCUT2D eigenvalue weighted by atomic mass is 16.3. The minimum Gasteiger partial charge on any atom is -0.390 e. The smallest absolute Gasteiger partial charge is 0.0675 e. The summed E-state index contributed by atoms with van der Waals surface area (Å²) in [6, 6.07) is 0. The Balaban J connectivity index is 1.67. The molecule has 0 heterocycles. The molecule has 0 unspecified atom stereocenters. The van der Waals surface area contributed by atoms with Gasteiger partial charge in [-0.05, 0) is 99.2 Å². The standard InChI is InChI=1S/C21H34O/c1-14-5-6-15-7-8-16-17(19(15,2)13-14)9-11-20(3)18(16)10-12-21(20,4)22/h15-18,22H,1,5-13H2,2-4H3/t15-,16+,17+,18+,19+,20-,21+/m1/s1. The summed E-state index contributed by atoms with van der Waals surface area (Å²) in [6.45, 7) is 11.5. The van der Waals surface area contributed by atoms with Crippen molar-refractivity contribution in [1.29, 1.82) is 0 Å². The molecule has 0 saturated heterocycles. The molecule has 1 N–H and O–H groups in total. The van der Waals surface area contributed by atoms with Gasteiger partial charge >= 0.3 is 0 Å². The van der Waals surface area contributed by atoms with E-state index < -0.39 is 5.60 Å². The summed E-state index contributed by atoms with van der Waals surface area (Å²) in [6.07, 6.45) is 11.6. The molecule has 0 aromatic rings. The van der Waals surface area contributed by atoms with Gasteiger partial charge in [-0.1, -0.05) is 26.0 Å². The Hall–Kier alpha value is -0.300. The van der Waals surface area contributed by atoms with Crippen LogP contribution in [0.1, 0.15) is 78.6 Å². The van der Waals surface area contributed by atoms with Crippen LogP contribution in [0.5, 0.6) is 0 Å². The zero-order valence-electron chi connectivity index (χ0n) is 14.8. The predicted molar refractivity (Wildman–Crippen MR) is 91.5 cm³/mol. The van der Waals surface area contributed by atoms with Crippen molar-refractivity contribution in [1.82, 2.24) is 0 Å². The first-order valence-corrected chi connectivity index (χ1v) is 9.67. The first-order valence-electron chi connectivity index (χ1n) is 9.67. The lowest BCUT2D eigenvalue weighted by Crippen LogP contribution is -2.55. The maximum atomic E-state index is 11.0. The second-order valence-corrected chi connectivity index (χ2v) is 9.89. The van der Waals surface area contributed by atoms with E-state index in [2.05, 4.69) is 27.4 Å². The van der Waals surface area contributed by atoms with Crippen LogP contribution in [0.2, 0.25) is 0 Å². The Kier molecular flexibility index (Phi) is 3.20. The average molecular weight is 303 g/mol. The minimum atomic E-state index is -0.434. The van der Waals surface area contributed by atoms with Crippen LogP contribution >= 0.6 is 0 Å². The minimum absolute atomic E-state index is 0.170. The summed E-state index contributed by atoms with van der Waals surface area (Å²) in [7, 11) is 0. The van der Waals surface area contributed by atoms with Crippen molar-refractivity contribution in [2.24, 2.45) is 34.5 Å². The van der Waals surface area contributed by atoms with E-state index >= 15 is 0 Å². The number of hydrogen-bond acceptors (Lipinski definition) is 1. The molecule has 0 bridgehead atoms. The van der Waals surface area contributed by atoms with Crippen molar-refractivity contribution in [2.45, 2.75) is 84.2 Å². The number of aliphatic hydroxyl groups is 1. The molecule has 1 heteroatoms. The lowest BCUT2D eigenvalue weighted by molar-refractivity contribution is -0.141. The average Bonchev–Trinajstić information content (AvgIpc) is 2.68. The molecule has 124 valence electrons. The maximum absolute atomic E-state index is 11.0. The SMILES string of the molecule is C=C1CC[C@@H]2CC[C@H]3[C@H](CC[C@]4(C)[C@H]3CC[C@]4(C)O)[C@@]2(C)C1. The molecule has 0 radical (unpaired) electrons. The predicted octanol–water partition coefficient (Wildman–Crippen LogP) is 5.34. The van der Waals surface area contributed by atoms with Gasteiger partial charge in [-0.2, -0.15) is 0 Å². The summed E-state index contributed by atoms with van der Waals surface area (Å²) in [5.74, 6) is 3.44. The van der Waals surface area contributed by atoms with Gasteiger partial charge in [0, 0.05) is 0 Å². The van der Waals surface area contributed by atoms with E-state index in [9.17, 15) is 5.11 Å². The fourth-order valence-electron chi connectivity index (χ4n) is 7.53. The van der Waals surface area contributed by atoms with E-state index in [0.717, 1.165) is 30.1 Å². The molecular formula is C21H34O. The highest BCUT2D eigenvalue weighted by Crippen LogP contribution is 2.68. The summed E-state index contributed by atoms with van der Waals surface area (Å²) < 4.78 is 0. The molecule has 0 amide bonds. The third-order valence-corrected chi connectivity index (χ3v) is 9.10. The summed E-state index contributed by atoms with van der Waals surface area (Å²) in [4.78, 5) is 0. The van der Waals surface area contributed by atoms with Gasteiger partial charge in [0.15, 0.2) is 0 Å². The monoisotopic (exact) mass is 302 g/mol. The van der Waals surface area contributed by atoms with Crippen molar-refractivity contribution in [3.63, 3.8) is 0 Å². The van der Waals surface area contributed by atoms with Gasteiger partial charge in [-0.15, -0.1) is 0 Å². The van der Waals surface area contributed by atoms with Gasteiger partial charge in [0.1, 0.15) is 0 Å². The molecule has 4 aliphatic carbocycles. The Morgan fingerprint density at radius 3 is 2.45 bits per heavy atom. The van der Waals surface area contributed by atoms with Crippen molar-refractivity contribution in [3.05, 3.63) is 12.2 Å². The number of fused-ring (bicyclic) bond motifs is 5. The van der Waals surface area contributed by atoms with E-state index in [1.807, 2.05) is 0 Å². The molecule has 4 fully saturated rings. The second-order valence-electron chi connectivity index (χ2n) is 9.89. The Labute approximate surface area is 136 Å².